The first-order chi connectivity index (χ1) is 19.2. The van der Waals surface area contributed by atoms with Crippen LogP contribution in [-0.4, -0.2) is 63.8 Å². The van der Waals surface area contributed by atoms with Crippen molar-refractivity contribution >= 4 is 17.0 Å². The van der Waals surface area contributed by atoms with Crippen LogP contribution in [0.2, 0.25) is 0 Å². The smallest absolute Gasteiger partial charge is 0.410 e. The van der Waals surface area contributed by atoms with Gasteiger partial charge in [0.25, 0.3) is 5.56 Å². The van der Waals surface area contributed by atoms with E-state index in [4.69, 9.17) is 9.47 Å². The van der Waals surface area contributed by atoms with Crippen molar-refractivity contribution in [2.24, 2.45) is 7.05 Å². The molecule has 8 heteroatoms. The summed E-state index contributed by atoms with van der Waals surface area (Å²) in [6.45, 7) is 9.79. The predicted octanol–water partition coefficient (Wildman–Crippen LogP) is 5.81. The Hall–Kier alpha value is -4.04. The van der Waals surface area contributed by atoms with Gasteiger partial charge in [-0.05, 0) is 70.0 Å². The SMILES string of the molecule is Cn1cc(-c2ccccc2Oc2cccc(CCCN3CCN(C(=O)OC(C)(C)C)CC3)c2)c2cc[nH]c2c1=O. The van der Waals surface area contributed by atoms with E-state index >= 15 is 0 Å². The van der Waals surface area contributed by atoms with Crippen molar-refractivity contribution in [2.45, 2.75) is 39.2 Å². The van der Waals surface area contributed by atoms with Crippen LogP contribution in [-0.2, 0) is 18.2 Å². The number of hydrogen-bond acceptors (Lipinski definition) is 5. The average Bonchev–Trinajstić information content (AvgIpc) is 3.41. The van der Waals surface area contributed by atoms with Crippen LogP contribution in [0, 0.1) is 0 Å². The summed E-state index contributed by atoms with van der Waals surface area (Å²) >= 11 is 0. The molecule has 1 amide bonds. The summed E-state index contributed by atoms with van der Waals surface area (Å²) < 4.78 is 13.5. The molecule has 1 saturated heterocycles. The highest BCUT2D eigenvalue weighted by molar-refractivity contribution is 5.95. The van der Waals surface area contributed by atoms with Crippen molar-refractivity contribution in [3.63, 3.8) is 0 Å². The van der Waals surface area contributed by atoms with Gasteiger partial charge in [0.1, 0.15) is 22.6 Å². The van der Waals surface area contributed by atoms with Gasteiger partial charge in [0, 0.05) is 62.1 Å². The zero-order valence-corrected chi connectivity index (χ0v) is 23.8. The fourth-order valence-electron chi connectivity index (χ4n) is 5.14. The molecule has 0 saturated carbocycles. The number of fused-ring (bicyclic) bond motifs is 1. The first-order valence-electron chi connectivity index (χ1n) is 13.9. The standard InChI is InChI=1S/C32H38N4O4/c1-32(2,3)40-31(38)36-19-17-35(18-20-36)16-8-10-23-9-7-11-24(21-23)39-28-13-6-5-12-25(28)27-22-34(4)30(37)29-26(27)14-15-33-29/h5-7,9,11-15,21-22,33H,8,10,16-20H2,1-4H3. The number of nitrogens with zero attached hydrogens (tertiary/aromatic N) is 3. The number of aryl methyl sites for hydroxylation is 2. The predicted molar refractivity (Wildman–Crippen MR) is 158 cm³/mol. The van der Waals surface area contributed by atoms with E-state index in [9.17, 15) is 9.59 Å². The quantitative estimate of drug-likeness (QED) is 0.319. The molecule has 3 heterocycles. The summed E-state index contributed by atoms with van der Waals surface area (Å²) in [5.74, 6) is 1.52. The van der Waals surface area contributed by atoms with Crippen LogP contribution in [0.1, 0.15) is 32.8 Å². The molecule has 210 valence electrons. The van der Waals surface area contributed by atoms with E-state index in [1.807, 2.05) is 69.4 Å². The first kappa shape index (κ1) is 27.5. The Morgan fingerprint density at radius 3 is 2.52 bits per heavy atom. The maximum absolute atomic E-state index is 12.5. The van der Waals surface area contributed by atoms with Crippen LogP contribution >= 0.6 is 0 Å². The summed E-state index contributed by atoms with van der Waals surface area (Å²) in [5.41, 5.74) is 3.15. The van der Waals surface area contributed by atoms with Gasteiger partial charge in [-0.2, -0.15) is 0 Å². The van der Waals surface area contributed by atoms with Gasteiger partial charge < -0.3 is 23.9 Å². The summed E-state index contributed by atoms with van der Waals surface area (Å²) in [4.78, 5) is 32.1. The molecule has 2 aromatic carbocycles. The molecule has 2 aromatic heterocycles. The van der Waals surface area contributed by atoms with Crippen LogP contribution in [0.3, 0.4) is 0 Å². The second-order valence-electron chi connectivity index (χ2n) is 11.4. The van der Waals surface area contributed by atoms with Crippen LogP contribution in [0.15, 0.2) is 71.8 Å². The highest BCUT2D eigenvalue weighted by Crippen LogP contribution is 2.36. The van der Waals surface area contributed by atoms with Crippen LogP contribution in [0.25, 0.3) is 22.0 Å². The Balaban J connectivity index is 1.20. The monoisotopic (exact) mass is 542 g/mol. The first-order valence-corrected chi connectivity index (χ1v) is 13.9. The van der Waals surface area contributed by atoms with Crippen molar-refractivity contribution < 1.29 is 14.3 Å². The van der Waals surface area contributed by atoms with Gasteiger partial charge in [-0.25, -0.2) is 4.79 Å². The zero-order chi connectivity index (χ0) is 28.3. The van der Waals surface area contributed by atoms with E-state index in [-0.39, 0.29) is 11.7 Å². The van der Waals surface area contributed by atoms with Gasteiger partial charge >= 0.3 is 6.09 Å². The zero-order valence-electron chi connectivity index (χ0n) is 23.8. The van der Waals surface area contributed by atoms with Crippen LogP contribution in [0.4, 0.5) is 4.79 Å². The number of H-pyrrole nitrogens is 1. The number of carbonyl (C=O) groups is 1. The molecule has 0 aliphatic carbocycles. The molecular weight excluding hydrogens is 504 g/mol. The van der Waals surface area contributed by atoms with E-state index in [0.717, 1.165) is 60.5 Å². The lowest BCUT2D eigenvalue weighted by Crippen LogP contribution is -2.50. The third kappa shape index (κ3) is 6.39. The Kier molecular flexibility index (Phi) is 7.98. The normalized spacial score (nSPS) is 14.4. The average molecular weight is 543 g/mol. The molecule has 1 aliphatic rings. The Labute approximate surface area is 235 Å². The minimum Gasteiger partial charge on any atom is -0.457 e. The molecule has 0 atom stereocenters. The van der Waals surface area contributed by atoms with Crippen molar-refractivity contribution in [1.82, 2.24) is 19.4 Å². The largest absolute Gasteiger partial charge is 0.457 e. The van der Waals surface area contributed by atoms with Gasteiger partial charge in [-0.15, -0.1) is 0 Å². The Morgan fingerprint density at radius 1 is 0.975 bits per heavy atom. The number of rotatable bonds is 7. The fourth-order valence-corrected chi connectivity index (χ4v) is 5.14. The summed E-state index contributed by atoms with van der Waals surface area (Å²) in [6.07, 6.45) is 5.40. The molecule has 0 unspecified atom stereocenters. The van der Waals surface area contributed by atoms with Crippen molar-refractivity contribution in [1.29, 1.82) is 0 Å². The molecule has 5 rings (SSSR count). The number of ether oxygens (including phenoxy) is 2. The molecule has 0 bridgehead atoms. The molecule has 1 N–H and O–H groups in total. The number of aromatic nitrogens is 2. The van der Waals surface area contributed by atoms with E-state index in [1.54, 1.807) is 22.7 Å². The maximum Gasteiger partial charge on any atom is 0.410 e. The number of para-hydroxylation sites is 1. The Morgan fingerprint density at radius 2 is 1.75 bits per heavy atom. The maximum atomic E-state index is 12.5. The molecule has 40 heavy (non-hydrogen) atoms. The summed E-state index contributed by atoms with van der Waals surface area (Å²) in [7, 11) is 1.76. The number of piperazine rings is 1. The van der Waals surface area contributed by atoms with Gasteiger partial charge in [0.05, 0.1) is 0 Å². The van der Waals surface area contributed by atoms with Crippen molar-refractivity contribution in [3.8, 4) is 22.6 Å². The number of amides is 1. The number of hydrogen-bond donors (Lipinski definition) is 1. The summed E-state index contributed by atoms with van der Waals surface area (Å²) in [6, 6.07) is 18.1. The molecule has 1 fully saturated rings. The minimum atomic E-state index is -0.468. The lowest BCUT2D eigenvalue weighted by atomic mass is 10.0. The topological polar surface area (TPSA) is 79.8 Å². The van der Waals surface area contributed by atoms with Gasteiger partial charge in [-0.3, -0.25) is 9.69 Å². The number of nitrogens with one attached hydrogen (secondary N) is 1. The second-order valence-corrected chi connectivity index (χ2v) is 11.4. The van der Waals surface area contributed by atoms with E-state index < -0.39 is 5.60 Å². The van der Waals surface area contributed by atoms with Crippen molar-refractivity contribution in [2.75, 3.05) is 32.7 Å². The fraction of sp³-hybridized carbons (Fsp3) is 0.375. The number of aromatic amines is 1. The second kappa shape index (κ2) is 11.6. The number of carbonyl (C=O) groups excluding carboxylic acids is 1. The molecule has 1 aliphatic heterocycles. The van der Waals surface area contributed by atoms with Gasteiger partial charge in [0.15, 0.2) is 0 Å². The molecule has 4 aromatic rings. The highest BCUT2D eigenvalue weighted by Gasteiger charge is 2.25. The third-order valence-corrected chi connectivity index (χ3v) is 7.16. The van der Waals surface area contributed by atoms with E-state index in [0.29, 0.717) is 18.6 Å². The lowest BCUT2D eigenvalue weighted by Gasteiger charge is -2.35. The molecular formula is C32H38N4O4. The number of benzene rings is 2. The molecule has 0 radical (unpaired) electrons. The van der Waals surface area contributed by atoms with E-state index in [1.165, 1.54) is 5.56 Å². The lowest BCUT2D eigenvalue weighted by molar-refractivity contribution is 0.0144. The highest BCUT2D eigenvalue weighted by atomic mass is 16.6. The van der Waals surface area contributed by atoms with Gasteiger partial charge in [-0.1, -0.05) is 30.3 Å². The minimum absolute atomic E-state index is 0.0558. The summed E-state index contributed by atoms with van der Waals surface area (Å²) in [5, 5.41) is 0.875. The molecule has 0 spiro atoms. The van der Waals surface area contributed by atoms with Crippen LogP contribution in [0.5, 0.6) is 11.5 Å². The van der Waals surface area contributed by atoms with E-state index in [2.05, 4.69) is 22.0 Å². The Bertz CT molecular complexity index is 1540. The van der Waals surface area contributed by atoms with Gasteiger partial charge in [0.2, 0.25) is 0 Å². The van der Waals surface area contributed by atoms with Crippen molar-refractivity contribution in [3.05, 3.63) is 82.9 Å². The van der Waals surface area contributed by atoms with Crippen LogP contribution < -0.4 is 10.3 Å². The molecule has 8 nitrogen and oxygen atoms in total. The number of pyridine rings is 1. The third-order valence-electron chi connectivity index (χ3n) is 7.16.